The van der Waals surface area contributed by atoms with Crippen molar-refractivity contribution >= 4 is 100 Å². The summed E-state index contributed by atoms with van der Waals surface area (Å²) in [5.41, 5.74) is 22.3. The van der Waals surface area contributed by atoms with Crippen LogP contribution in [0.25, 0.3) is 93.7 Å². The number of benzene rings is 15. The molecule has 0 unspecified atom stereocenters. The molecule has 0 spiro atoms. The van der Waals surface area contributed by atoms with Crippen LogP contribution in [0, 0.1) is 0 Å². The third-order valence-corrected chi connectivity index (χ3v) is 18.7. The smallest absolute Gasteiger partial charge is 0.0620 e. The maximum atomic E-state index is 4.14. The van der Waals surface area contributed by atoms with Crippen molar-refractivity contribution in [2.24, 2.45) is 0 Å². The lowest BCUT2D eigenvalue weighted by Gasteiger charge is -2.34. The van der Waals surface area contributed by atoms with Crippen molar-refractivity contribution in [2.75, 3.05) is 14.7 Å². The number of fused-ring (bicyclic) bond motifs is 7. The minimum absolute atomic E-state index is 0.462. The Hall–Kier alpha value is -11.8. The number of nitrogens with zero attached hydrogens (tertiary/aromatic N) is 3. The minimum atomic E-state index is -0.462. The molecule has 15 aromatic rings. The highest BCUT2D eigenvalue weighted by molar-refractivity contribution is 6.25. The molecule has 0 radical (unpaired) electrons. The number of hydrogen-bond acceptors (Lipinski definition) is 3. The zero-order valence-electron chi connectivity index (χ0n) is 51.5. The predicted molar refractivity (Wildman–Crippen MR) is 394 cm³/mol. The van der Waals surface area contributed by atoms with E-state index in [1.165, 1.54) is 44.0 Å². The average molecular weight is 1180 g/mol. The Balaban J connectivity index is 1.01. The van der Waals surface area contributed by atoms with E-state index in [4.69, 9.17) is 0 Å². The molecule has 1 aliphatic carbocycles. The van der Waals surface area contributed by atoms with Gasteiger partial charge >= 0.3 is 0 Å². The summed E-state index contributed by atoms with van der Waals surface area (Å²) in [6.45, 7) is 9.00. The van der Waals surface area contributed by atoms with Crippen LogP contribution in [0.5, 0.6) is 0 Å². The lowest BCUT2D eigenvalue weighted by molar-refractivity contribution is 0.661. The third-order valence-electron chi connectivity index (χ3n) is 18.7. The number of para-hydroxylation sites is 1. The van der Waals surface area contributed by atoms with Gasteiger partial charge in [-0.3, -0.25) is 0 Å². The molecule has 15 aromatic carbocycles. The first kappa shape index (κ1) is 55.5. The molecular formula is C89H65N3. The van der Waals surface area contributed by atoms with Gasteiger partial charge in [0.05, 0.1) is 28.4 Å². The monoisotopic (exact) mass is 1180 g/mol. The van der Waals surface area contributed by atoms with Gasteiger partial charge < -0.3 is 14.7 Å². The summed E-state index contributed by atoms with van der Waals surface area (Å²) in [6.07, 6.45) is 6.10. The summed E-state index contributed by atoms with van der Waals surface area (Å²) < 4.78 is 0. The summed E-state index contributed by atoms with van der Waals surface area (Å²) in [5.74, 6) is 0. The second kappa shape index (κ2) is 23.3. The molecule has 0 fully saturated rings. The van der Waals surface area contributed by atoms with Crippen molar-refractivity contribution in [1.82, 2.24) is 0 Å². The van der Waals surface area contributed by atoms with E-state index in [9.17, 15) is 0 Å². The molecular weight excluding hydrogens is 1110 g/mol. The minimum Gasteiger partial charge on any atom is -0.310 e. The van der Waals surface area contributed by atoms with Crippen LogP contribution < -0.4 is 14.7 Å². The van der Waals surface area contributed by atoms with Crippen LogP contribution in [-0.4, -0.2) is 0 Å². The van der Waals surface area contributed by atoms with E-state index in [1.54, 1.807) is 0 Å². The van der Waals surface area contributed by atoms with Crippen molar-refractivity contribution in [1.29, 1.82) is 0 Å². The van der Waals surface area contributed by atoms with Gasteiger partial charge in [0.25, 0.3) is 0 Å². The van der Waals surface area contributed by atoms with E-state index in [0.717, 1.165) is 111 Å². The van der Waals surface area contributed by atoms with E-state index in [0.29, 0.717) is 0 Å². The van der Waals surface area contributed by atoms with Crippen molar-refractivity contribution in [3.05, 3.63) is 363 Å². The van der Waals surface area contributed by atoms with Crippen molar-refractivity contribution in [3.63, 3.8) is 0 Å². The molecule has 3 nitrogen and oxygen atoms in total. The SMILES string of the molecule is C=CC=Cc1ccccc1N(c1cccc(-c2ccccc2)c1)c1c2ccccc2c(N(c2cccc(-c3ccccc3)c2)c2cccc3ccccc23)c2cc3c(cc12)C(C)(C)c1cc(N(c2cccc(-c4ccccc4)c2)c2cccc4ccccc24)ccc1-3. The Morgan fingerprint density at radius 1 is 0.283 bits per heavy atom. The van der Waals surface area contributed by atoms with E-state index < -0.39 is 5.41 Å². The molecule has 0 bridgehead atoms. The van der Waals surface area contributed by atoms with Gasteiger partial charge in [-0.1, -0.05) is 287 Å². The lowest BCUT2D eigenvalue weighted by atomic mass is 9.81. The average Bonchev–Trinajstić information content (AvgIpc) is 1.34. The van der Waals surface area contributed by atoms with Crippen LogP contribution in [0.15, 0.2) is 346 Å². The van der Waals surface area contributed by atoms with Crippen LogP contribution in [-0.2, 0) is 5.41 Å². The van der Waals surface area contributed by atoms with Gasteiger partial charge in [0.15, 0.2) is 0 Å². The van der Waals surface area contributed by atoms with Gasteiger partial charge in [-0.25, -0.2) is 0 Å². The summed E-state index contributed by atoms with van der Waals surface area (Å²) in [5, 5.41) is 9.20. The highest BCUT2D eigenvalue weighted by atomic mass is 15.2. The van der Waals surface area contributed by atoms with Gasteiger partial charge in [0, 0.05) is 60.5 Å². The van der Waals surface area contributed by atoms with Gasteiger partial charge in [-0.15, -0.1) is 0 Å². The summed E-state index contributed by atoms with van der Waals surface area (Å²) in [7, 11) is 0. The predicted octanol–water partition coefficient (Wildman–Crippen LogP) is 25.2. The van der Waals surface area contributed by atoms with E-state index >= 15 is 0 Å². The molecule has 0 heterocycles. The van der Waals surface area contributed by atoms with E-state index in [1.807, 2.05) is 12.2 Å². The third kappa shape index (κ3) is 9.71. The van der Waals surface area contributed by atoms with Crippen LogP contribution in [0.3, 0.4) is 0 Å². The molecule has 0 aliphatic heterocycles. The quantitative estimate of drug-likeness (QED) is 0.0610. The standard InChI is InChI=1S/C89H65N3/c1-4-5-28-66-37-17-22-50-84(66)91(71-44-24-41-68(56-71)62-31-11-7-12-32-62)88-78-49-21-20-48-77(78)87(92(86-52-27-39-65-36-16-19-47-75(65)86)72-45-25-42-69(57-72)63-33-13-8-14-34-63)80-59-79-76-54-53-73(58-82(76)89(2,3)83(79)60-81(80)88)90(85-51-26-38-64-35-15-18-46-74(64)85)70-43-23-40-67(55-70)61-29-9-6-10-30-61/h4-60H,1H2,2-3H3. The molecule has 0 amide bonds. The fourth-order valence-corrected chi connectivity index (χ4v) is 14.3. The topological polar surface area (TPSA) is 9.72 Å². The van der Waals surface area contributed by atoms with E-state index in [-0.39, 0.29) is 0 Å². The first-order valence-corrected chi connectivity index (χ1v) is 31.8. The summed E-state index contributed by atoms with van der Waals surface area (Å²) in [4.78, 5) is 7.57. The van der Waals surface area contributed by atoms with Crippen LogP contribution in [0.1, 0.15) is 30.5 Å². The van der Waals surface area contributed by atoms with Crippen molar-refractivity contribution < 1.29 is 0 Å². The molecule has 1 aliphatic rings. The highest BCUT2D eigenvalue weighted by Gasteiger charge is 2.39. The molecule has 0 N–H and O–H groups in total. The fourth-order valence-electron chi connectivity index (χ4n) is 14.3. The Labute approximate surface area is 538 Å². The molecule has 0 aromatic heterocycles. The number of hydrogen-bond donors (Lipinski definition) is 0. The maximum Gasteiger partial charge on any atom is 0.0620 e. The fraction of sp³-hybridized carbons (Fsp3) is 0.0337. The number of rotatable bonds is 14. The molecule has 436 valence electrons. The largest absolute Gasteiger partial charge is 0.310 e. The number of allylic oxidation sites excluding steroid dienone is 2. The van der Waals surface area contributed by atoms with Crippen molar-refractivity contribution in [2.45, 2.75) is 19.3 Å². The molecule has 92 heavy (non-hydrogen) atoms. The number of anilines is 9. The maximum absolute atomic E-state index is 4.14. The Bertz CT molecular complexity index is 5340. The van der Waals surface area contributed by atoms with Crippen molar-refractivity contribution in [3.8, 4) is 44.5 Å². The van der Waals surface area contributed by atoms with Gasteiger partial charge in [-0.05, 0) is 151 Å². The Kier molecular flexibility index (Phi) is 14.1. The van der Waals surface area contributed by atoms with Crippen LogP contribution in [0.2, 0.25) is 0 Å². The normalized spacial score (nSPS) is 12.3. The van der Waals surface area contributed by atoms with E-state index in [2.05, 4.69) is 369 Å². The molecule has 0 atom stereocenters. The first-order chi connectivity index (χ1) is 45.4. The summed E-state index contributed by atoms with van der Waals surface area (Å²) >= 11 is 0. The second-order valence-electron chi connectivity index (χ2n) is 24.4. The zero-order chi connectivity index (χ0) is 61.7. The lowest BCUT2D eigenvalue weighted by Crippen LogP contribution is -2.18. The second-order valence-corrected chi connectivity index (χ2v) is 24.4. The Morgan fingerprint density at radius 3 is 1.20 bits per heavy atom. The first-order valence-electron chi connectivity index (χ1n) is 31.8. The zero-order valence-corrected chi connectivity index (χ0v) is 51.5. The molecule has 0 saturated carbocycles. The van der Waals surface area contributed by atoms with Gasteiger partial charge in [0.1, 0.15) is 0 Å². The molecule has 3 heteroatoms. The van der Waals surface area contributed by atoms with Gasteiger partial charge in [0.2, 0.25) is 0 Å². The molecule has 0 saturated heterocycles. The highest BCUT2D eigenvalue weighted by Crippen LogP contribution is 2.58. The Morgan fingerprint density at radius 2 is 0.663 bits per heavy atom. The van der Waals surface area contributed by atoms with Crippen LogP contribution >= 0.6 is 0 Å². The summed E-state index contributed by atoms with van der Waals surface area (Å²) in [6, 6.07) is 121. The molecule has 16 rings (SSSR count). The van der Waals surface area contributed by atoms with Crippen LogP contribution in [0.4, 0.5) is 51.2 Å². The van der Waals surface area contributed by atoms with Gasteiger partial charge in [-0.2, -0.15) is 0 Å².